The topological polar surface area (TPSA) is 13.1 Å². The van der Waals surface area contributed by atoms with Crippen molar-refractivity contribution in [2.75, 3.05) is 0 Å². The molecule has 0 spiro atoms. The maximum atomic E-state index is 5.28. The third kappa shape index (κ3) is 1.80. The van der Waals surface area contributed by atoms with Crippen molar-refractivity contribution in [2.24, 2.45) is 0 Å². The van der Waals surface area contributed by atoms with E-state index in [1.807, 2.05) is 23.5 Å². The molecule has 0 aliphatic rings. The van der Waals surface area contributed by atoms with E-state index in [0.29, 0.717) is 15.0 Å². The first-order valence-electron chi connectivity index (χ1n) is 3.62. The van der Waals surface area contributed by atoms with Crippen molar-refractivity contribution in [2.45, 2.75) is 6.92 Å². The summed E-state index contributed by atoms with van der Waals surface area (Å²) in [6, 6.07) is 8.32. The fraction of sp³-hybridized carbons (Fsp3) is 0.111. The maximum absolute atomic E-state index is 5.28. The molecule has 0 fully saturated rings. The molecule has 0 radical (unpaired) electrons. The zero-order chi connectivity index (χ0) is 8.39. The Morgan fingerprint density at radius 3 is 2.83 bits per heavy atom. The molecule has 0 atom stereocenters. The third-order valence-electron chi connectivity index (χ3n) is 1.41. The van der Waals surface area contributed by atoms with E-state index in [0.717, 1.165) is 4.66 Å². The number of thiophene rings is 1. The van der Waals surface area contributed by atoms with Gasteiger partial charge in [0.05, 0.1) is 0 Å². The van der Waals surface area contributed by atoms with Crippen molar-refractivity contribution in [3.05, 3.63) is 35.4 Å². The van der Waals surface area contributed by atoms with Crippen molar-refractivity contribution in [3.63, 3.8) is 0 Å². The van der Waals surface area contributed by atoms with E-state index >= 15 is 0 Å². The second kappa shape index (κ2) is 3.48. The summed E-state index contributed by atoms with van der Waals surface area (Å²) in [4.78, 5) is 1.37. The van der Waals surface area contributed by atoms with Crippen LogP contribution >= 0.6 is 11.3 Å². The molecule has 1 nitrogen and oxygen atoms in total. The van der Waals surface area contributed by atoms with Gasteiger partial charge in [-0.2, -0.15) is 0 Å². The fourth-order valence-electron chi connectivity index (χ4n) is 0.888. The Kier molecular flexibility index (Phi) is 2.35. The molecule has 0 N–H and O–H groups in total. The molecule has 0 unspecified atom stereocenters. The quantitative estimate of drug-likeness (QED) is 0.725. The Labute approximate surface area is 81.6 Å². The third-order valence-corrected chi connectivity index (χ3v) is 4.78. The average molecular weight is 243 g/mol. The molecule has 0 aromatic carbocycles. The van der Waals surface area contributed by atoms with Gasteiger partial charge >= 0.3 is 81.5 Å². The standard InChI is InChI=1S/C9H8OSSe/c1-7-4-5-9(11-7)12-8-3-2-6-10-8/h2-6H,1H3. The van der Waals surface area contributed by atoms with E-state index in [4.69, 9.17) is 4.42 Å². The molecule has 2 rings (SSSR count). The van der Waals surface area contributed by atoms with Crippen LogP contribution in [0.5, 0.6) is 0 Å². The summed E-state index contributed by atoms with van der Waals surface area (Å²) in [6.07, 6.45) is 1.73. The monoisotopic (exact) mass is 244 g/mol. The van der Waals surface area contributed by atoms with Gasteiger partial charge in [-0.3, -0.25) is 0 Å². The van der Waals surface area contributed by atoms with Gasteiger partial charge in [-0.1, -0.05) is 0 Å². The van der Waals surface area contributed by atoms with Gasteiger partial charge in [0.2, 0.25) is 0 Å². The first-order chi connectivity index (χ1) is 5.84. The molecule has 2 aromatic rings. The molecule has 2 heterocycles. The summed E-state index contributed by atoms with van der Waals surface area (Å²) >= 11 is 2.22. The summed E-state index contributed by atoms with van der Waals surface area (Å²) in [6.45, 7) is 2.13. The van der Waals surface area contributed by atoms with Gasteiger partial charge in [0.25, 0.3) is 0 Å². The summed E-state index contributed by atoms with van der Waals surface area (Å²) in [5, 5.41) is 0. The van der Waals surface area contributed by atoms with Crippen LogP contribution in [-0.4, -0.2) is 15.0 Å². The van der Waals surface area contributed by atoms with Crippen LogP contribution in [-0.2, 0) is 0 Å². The normalized spacial score (nSPS) is 10.4. The van der Waals surface area contributed by atoms with Gasteiger partial charge in [-0.25, -0.2) is 0 Å². The number of aryl methyl sites for hydroxylation is 1. The molecule has 3 heteroatoms. The van der Waals surface area contributed by atoms with Crippen molar-refractivity contribution < 1.29 is 4.42 Å². The number of furan rings is 1. The number of hydrogen-bond donors (Lipinski definition) is 0. The Balaban J connectivity index is 2.14. The molecule has 12 heavy (non-hydrogen) atoms. The Bertz CT molecular complexity index is 350. The van der Waals surface area contributed by atoms with E-state index in [2.05, 4.69) is 19.1 Å². The summed E-state index contributed by atoms with van der Waals surface area (Å²) in [7, 11) is 0. The van der Waals surface area contributed by atoms with Gasteiger partial charge in [-0.15, -0.1) is 0 Å². The van der Waals surface area contributed by atoms with Crippen LogP contribution in [0.1, 0.15) is 4.88 Å². The molecule has 0 aliphatic heterocycles. The predicted octanol–water partition coefficient (Wildman–Crippen LogP) is 1.30. The first-order valence-corrected chi connectivity index (χ1v) is 6.15. The molecule has 0 bridgehead atoms. The van der Waals surface area contributed by atoms with Crippen molar-refractivity contribution in [1.82, 2.24) is 0 Å². The van der Waals surface area contributed by atoms with Crippen LogP contribution in [0, 0.1) is 6.92 Å². The van der Waals surface area contributed by atoms with Crippen molar-refractivity contribution >= 4 is 34.7 Å². The van der Waals surface area contributed by atoms with E-state index in [-0.39, 0.29) is 0 Å². The molecule has 0 saturated heterocycles. The molecule has 2 aromatic heterocycles. The summed E-state index contributed by atoms with van der Waals surface area (Å²) in [5.74, 6) is 0. The average Bonchev–Trinajstić information content (AvgIpc) is 2.63. The van der Waals surface area contributed by atoms with E-state index in [9.17, 15) is 0 Å². The van der Waals surface area contributed by atoms with Crippen molar-refractivity contribution in [3.8, 4) is 0 Å². The zero-order valence-corrected chi connectivity index (χ0v) is 9.14. The second-order valence-electron chi connectivity index (χ2n) is 2.40. The second-order valence-corrected chi connectivity index (χ2v) is 6.47. The van der Waals surface area contributed by atoms with Gasteiger partial charge in [0.15, 0.2) is 0 Å². The molecule has 0 amide bonds. The van der Waals surface area contributed by atoms with Crippen LogP contribution in [0.15, 0.2) is 34.9 Å². The van der Waals surface area contributed by atoms with E-state index < -0.39 is 0 Å². The summed E-state index contributed by atoms with van der Waals surface area (Å²) in [5.41, 5.74) is 0. The molecular weight excluding hydrogens is 235 g/mol. The minimum atomic E-state index is 0.364. The number of hydrogen-bond acceptors (Lipinski definition) is 2. The van der Waals surface area contributed by atoms with Gasteiger partial charge < -0.3 is 0 Å². The van der Waals surface area contributed by atoms with Crippen molar-refractivity contribution in [1.29, 1.82) is 0 Å². The van der Waals surface area contributed by atoms with Crippen LogP contribution in [0.25, 0.3) is 0 Å². The molecule has 0 aliphatic carbocycles. The van der Waals surface area contributed by atoms with Crippen LogP contribution in [0.2, 0.25) is 0 Å². The molecule has 0 saturated carbocycles. The Morgan fingerprint density at radius 2 is 2.25 bits per heavy atom. The van der Waals surface area contributed by atoms with Gasteiger partial charge in [0, 0.05) is 0 Å². The SMILES string of the molecule is Cc1ccc([Se]c2ccco2)s1. The predicted molar refractivity (Wildman–Crippen MR) is 52.8 cm³/mol. The van der Waals surface area contributed by atoms with Gasteiger partial charge in [0.1, 0.15) is 0 Å². The van der Waals surface area contributed by atoms with Gasteiger partial charge in [-0.05, 0) is 0 Å². The zero-order valence-electron chi connectivity index (χ0n) is 6.61. The van der Waals surface area contributed by atoms with E-state index in [1.165, 1.54) is 8.65 Å². The first kappa shape index (κ1) is 8.11. The Morgan fingerprint density at radius 1 is 1.33 bits per heavy atom. The summed E-state index contributed by atoms with van der Waals surface area (Å²) < 4.78 is 7.81. The van der Waals surface area contributed by atoms with Crippen LogP contribution in [0.4, 0.5) is 0 Å². The Hall–Kier alpha value is -0.501. The van der Waals surface area contributed by atoms with E-state index in [1.54, 1.807) is 6.26 Å². The molecule has 62 valence electrons. The minimum absolute atomic E-state index is 0.364. The van der Waals surface area contributed by atoms with Crippen LogP contribution < -0.4 is 8.43 Å². The molecular formula is C9H8OSSe. The number of rotatable bonds is 2. The van der Waals surface area contributed by atoms with Crippen LogP contribution in [0.3, 0.4) is 0 Å². The fourth-order valence-corrected chi connectivity index (χ4v) is 4.26.